The molecule has 0 radical (unpaired) electrons. The van der Waals surface area contributed by atoms with Gasteiger partial charge < -0.3 is 0 Å². The largest absolute Gasteiger partial charge is 0.207 e. The third kappa shape index (κ3) is 3.11. The molecule has 1 atom stereocenters. The highest BCUT2D eigenvalue weighted by Crippen LogP contribution is 2.26. The van der Waals surface area contributed by atoms with Crippen molar-refractivity contribution in [2.45, 2.75) is 25.6 Å². The molecule has 2 rings (SSSR count). The van der Waals surface area contributed by atoms with E-state index in [-0.39, 0.29) is 11.2 Å². The Morgan fingerprint density at radius 3 is 2.56 bits per heavy atom. The quantitative estimate of drug-likeness (QED) is 0.686. The van der Waals surface area contributed by atoms with E-state index in [2.05, 4.69) is 19.1 Å². The summed E-state index contributed by atoms with van der Waals surface area (Å²) in [6, 6.07) is 13.4. The molecule has 0 amide bonds. The van der Waals surface area contributed by atoms with Gasteiger partial charge >= 0.3 is 0 Å². The van der Waals surface area contributed by atoms with Gasteiger partial charge in [0.2, 0.25) is 0 Å². The smallest absolute Gasteiger partial charge is 0.126 e. The van der Waals surface area contributed by atoms with Crippen LogP contribution >= 0.6 is 11.6 Å². The number of hydrogen-bond donors (Lipinski definition) is 0. The summed E-state index contributed by atoms with van der Waals surface area (Å²) in [5.41, 5.74) is 3.88. The summed E-state index contributed by atoms with van der Waals surface area (Å²) in [5, 5.41) is -0.193. The Bertz CT molecular complexity index is 549. The first-order chi connectivity index (χ1) is 8.56. The molecule has 0 aliphatic carbocycles. The zero-order chi connectivity index (χ0) is 13.1. The lowest BCUT2D eigenvalue weighted by Crippen LogP contribution is -1.97. The molecule has 18 heavy (non-hydrogen) atoms. The van der Waals surface area contributed by atoms with E-state index in [1.54, 1.807) is 13.0 Å². The monoisotopic (exact) mass is 262 g/mol. The molecule has 1 unspecified atom stereocenters. The van der Waals surface area contributed by atoms with Gasteiger partial charge in [-0.2, -0.15) is 0 Å². The molecule has 0 N–H and O–H groups in total. The van der Waals surface area contributed by atoms with Gasteiger partial charge in [0.1, 0.15) is 5.82 Å². The average Bonchev–Trinajstić information content (AvgIpc) is 2.32. The highest BCUT2D eigenvalue weighted by Gasteiger charge is 2.10. The Morgan fingerprint density at radius 1 is 1.11 bits per heavy atom. The minimum atomic E-state index is -0.193. The van der Waals surface area contributed by atoms with Gasteiger partial charge in [-0.15, -0.1) is 11.6 Å². The fraction of sp³-hybridized carbons (Fsp3) is 0.250. The van der Waals surface area contributed by atoms with Gasteiger partial charge in [-0.3, -0.25) is 0 Å². The van der Waals surface area contributed by atoms with Crippen molar-refractivity contribution in [3.63, 3.8) is 0 Å². The first-order valence-corrected chi connectivity index (χ1v) is 6.45. The van der Waals surface area contributed by atoms with Gasteiger partial charge in [0.15, 0.2) is 0 Å². The van der Waals surface area contributed by atoms with E-state index in [0.29, 0.717) is 12.0 Å². The molecule has 0 aliphatic rings. The summed E-state index contributed by atoms with van der Waals surface area (Å²) in [7, 11) is 0. The minimum absolute atomic E-state index is 0.192. The summed E-state index contributed by atoms with van der Waals surface area (Å²) in [5.74, 6) is -0.192. The number of hydrogen-bond acceptors (Lipinski definition) is 0. The van der Waals surface area contributed by atoms with Gasteiger partial charge in [0.05, 0.1) is 5.38 Å². The maximum absolute atomic E-state index is 13.5. The summed E-state index contributed by atoms with van der Waals surface area (Å²) in [6.07, 6.45) is 0.714. The van der Waals surface area contributed by atoms with Crippen molar-refractivity contribution >= 4 is 11.6 Å². The predicted molar refractivity (Wildman–Crippen MR) is 74.6 cm³/mol. The molecule has 0 aliphatic heterocycles. The number of benzene rings is 2. The van der Waals surface area contributed by atoms with Crippen LogP contribution in [0.4, 0.5) is 4.39 Å². The van der Waals surface area contributed by atoms with Gasteiger partial charge in [-0.1, -0.05) is 42.0 Å². The van der Waals surface area contributed by atoms with Crippen LogP contribution in [0.5, 0.6) is 0 Å². The van der Waals surface area contributed by atoms with Gasteiger partial charge in [0.25, 0.3) is 0 Å². The van der Waals surface area contributed by atoms with Crippen molar-refractivity contribution in [2.75, 3.05) is 0 Å². The SMILES string of the molecule is Cc1cccc(CC(Cl)c2ccc(C)c(F)c2)c1. The fourth-order valence-electron chi connectivity index (χ4n) is 1.97. The van der Waals surface area contributed by atoms with E-state index in [0.717, 1.165) is 5.56 Å². The van der Waals surface area contributed by atoms with Crippen molar-refractivity contribution in [2.24, 2.45) is 0 Å². The van der Waals surface area contributed by atoms with Crippen LogP contribution in [0.15, 0.2) is 42.5 Å². The van der Waals surface area contributed by atoms with Crippen molar-refractivity contribution < 1.29 is 4.39 Å². The summed E-state index contributed by atoms with van der Waals surface area (Å²) in [4.78, 5) is 0. The van der Waals surface area contributed by atoms with Gasteiger partial charge in [0, 0.05) is 0 Å². The molecule has 2 aromatic carbocycles. The van der Waals surface area contributed by atoms with E-state index >= 15 is 0 Å². The molecule has 0 bridgehead atoms. The summed E-state index contributed by atoms with van der Waals surface area (Å²) >= 11 is 6.35. The topological polar surface area (TPSA) is 0 Å². The van der Waals surface area contributed by atoms with Crippen LogP contribution in [-0.4, -0.2) is 0 Å². The maximum Gasteiger partial charge on any atom is 0.126 e. The molecule has 0 saturated carbocycles. The molecule has 0 spiro atoms. The van der Waals surface area contributed by atoms with Crippen LogP contribution in [0.3, 0.4) is 0 Å². The Labute approximate surface area is 112 Å². The van der Waals surface area contributed by atoms with Crippen molar-refractivity contribution in [1.29, 1.82) is 0 Å². The first kappa shape index (κ1) is 13.1. The number of halogens is 2. The molecule has 2 aromatic rings. The standard InChI is InChI=1S/C16H16ClF/c1-11-4-3-5-13(8-11)9-15(17)14-7-6-12(2)16(18)10-14/h3-8,10,15H,9H2,1-2H3. The molecule has 94 valence electrons. The first-order valence-electron chi connectivity index (χ1n) is 6.02. The van der Waals surface area contributed by atoms with Gasteiger partial charge in [-0.05, 0) is 43.0 Å². The summed E-state index contributed by atoms with van der Waals surface area (Å²) < 4.78 is 13.5. The summed E-state index contributed by atoms with van der Waals surface area (Å²) in [6.45, 7) is 3.81. The number of aryl methyl sites for hydroxylation is 2. The third-order valence-electron chi connectivity index (χ3n) is 3.05. The average molecular weight is 263 g/mol. The van der Waals surface area contributed by atoms with Crippen molar-refractivity contribution in [1.82, 2.24) is 0 Å². The molecule has 0 aromatic heterocycles. The molecular formula is C16H16ClF. The highest BCUT2D eigenvalue weighted by atomic mass is 35.5. The van der Waals surface area contributed by atoms with Crippen LogP contribution in [-0.2, 0) is 6.42 Å². The van der Waals surface area contributed by atoms with E-state index in [4.69, 9.17) is 11.6 Å². The van der Waals surface area contributed by atoms with E-state index in [1.807, 2.05) is 18.2 Å². The van der Waals surface area contributed by atoms with E-state index < -0.39 is 0 Å². The van der Waals surface area contributed by atoms with Crippen molar-refractivity contribution in [3.8, 4) is 0 Å². The normalized spacial score (nSPS) is 12.4. The predicted octanol–water partition coefficient (Wildman–Crippen LogP) is 4.97. The molecule has 0 saturated heterocycles. The number of alkyl halides is 1. The van der Waals surface area contributed by atoms with Crippen LogP contribution < -0.4 is 0 Å². The van der Waals surface area contributed by atoms with Crippen molar-refractivity contribution in [3.05, 3.63) is 70.5 Å². The molecular weight excluding hydrogens is 247 g/mol. The second kappa shape index (κ2) is 5.53. The second-order valence-corrected chi connectivity index (χ2v) is 5.20. The lowest BCUT2D eigenvalue weighted by atomic mass is 10.0. The Morgan fingerprint density at radius 2 is 1.89 bits per heavy atom. The zero-order valence-electron chi connectivity index (χ0n) is 10.6. The lowest BCUT2D eigenvalue weighted by Gasteiger charge is -2.11. The molecule has 0 nitrogen and oxygen atoms in total. The Kier molecular flexibility index (Phi) is 4.03. The second-order valence-electron chi connectivity index (χ2n) is 4.67. The molecule has 0 heterocycles. The molecule has 2 heteroatoms. The highest BCUT2D eigenvalue weighted by molar-refractivity contribution is 6.20. The van der Waals surface area contributed by atoms with E-state index in [9.17, 15) is 4.39 Å². The lowest BCUT2D eigenvalue weighted by molar-refractivity contribution is 0.615. The Hall–Kier alpha value is -1.34. The molecule has 0 fully saturated rings. The number of rotatable bonds is 3. The van der Waals surface area contributed by atoms with Gasteiger partial charge in [-0.25, -0.2) is 4.39 Å². The Balaban J connectivity index is 2.16. The van der Waals surface area contributed by atoms with E-state index in [1.165, 1.54) is 17.2 Å². The fourth-order valence-corrected chi connectivity index (χ4v) is 2.28. The van der Waals surface area contributed by atoms with Crippen LogP contribution in [0.2, 0.25) is 0 Å². The third-order valence-corrected chi connectivity index (χ3v) is 3.46. The maximum atomic E-state index is 13.5. The van der Waals surface area contributed by atoms with Crippen LogP contribution in [0, 0.1) is 19.7 Å². The van der Waals surface area contributed by atoms with Crippen LogP contribution in [0.25, 0.3) is 0 Å². The zero-order valence-corrected chi connectivity index (χ0v) is 11.3. The minimum Gasteiger partial charge on any atom is -0.207 e. The van der Waals surface area contributed by atoms with Crippen LogP contribution in [0.1, 0.15) is 27.6 Å².